The van der Waals surface area contributed by atoms with Gasteiger partial charge in [0.05, 0.1) is 13.7 Å². The van der Waals surface area contributed by atoms with E-state index in [0.29, 0.717) is 25.0 Å². The van der Waals surface area contributed by atoms with Crippen LogP contribution in [0, 0.1) is 0 Å². The second kappa shape index (κ2) is 40.3. The minimum atomic E-state index is -1.19. The van der Waals surface area contributed by atoms with Gasteiger partial charge in [0, 0.05) is 30.2 Å². The molecule has 416 valence electrons. The Labute approximate surface area is 449 Å². The Morgan fingerprint density at radius 2 is 1.18 bits per heavy atom. The maximum absolute atomic E-state index is 14.3. The highest BCUT2D eigenvalue weighted by Crippen LogP contribution is 2.22. The van der Waals surface area contributed by atoms with Gasteiger partial charge in [0.25, 0.3) is 0 Å². The first-order chi connectivity index (χ1) is 34.8. The summed E-state index contributed by atoms with van der Waals surface area (Å²) in [5, 5.41) is 10.2. The molecule has 1 rings (SSSR count). The first-order valence-electron chi connectivity index (χ1n) is 27.3. The Morgan fingerprint density at radius 3 is 1.73 bits per heavy atom. The molecule has 0 spiro atoms. The molecule has 5 amide bonds. The van der Waals surface area contributed by atoms with Crippen LogP contribution >= 0.6 is 23.5 Å². The predicted octanol–water partition coefficient (Wildman–Crippen LogP) is 11.4. The van der Waals surface area contributed by atoms with Crippen molar-refractivity contribution in [3.63, 3.8) is 0 Å². The number of esters is 1. The Balaban J connectivity index is 2.85. The van der Waals surface area contributed by atoms with Gasteiger partial charge in [-0.05, 0) is 113 Å². The molecule has 1 saturated heterocycles. The molecule has 0 aliphatic carbocycles. The third-order valence-electron chi connectivity index (χ3n) is 12.4. The lowest BCUT2D eigenvalue weighted by Crippen LogP contribution is -2.57. The highest BCUT2D eigenvalue weighted by molar-refractivity contribution is 8.13. The number of hydrogen-bond donors (Lipinski definition) is 4. The van der Waals surface area contributed by atoms with Crippen LogP contribution in [-0.2, 0) is 38.2 Å². The van der Waals surface area contributed by atoms with E-state index in [0.717, 1.165) is 76.0 Å². The van der Waals surface area contributed by atoms with E-state index in [-0.39, 0.29) is 23.2 Å². The van der Waals surface area contributed by atoms with E-state index < -0.39 is 72.5 Å². The quantitative estimate of drug-likeness (QED) is 0.0262. The summed E-state index contributed by atoms with van der Waals surface area (Å²) in [4.78, 5) is 93.2. The Bertz CT molecular complexity index is 1800. The lowest BCUT2D eigenvalue weighted by Gasteiger charge is -2.29. The highest BCUT2D eigenvalue weighted by atomic mass is 32.2. The topological polar surface area (TPSA) is 189 Å². The number of unbranched alkanes of at least 4 members (excludes halogenated alkanes) is 12. The van der Waals surface area contributed by atoms with E-state index in [1.807, 2.05) is 0 Å². The molecule has 16 heteroatoms. The molecular weight excluding hydrogens is 963 g/mol. The Hall–Kier alpha value is -4.05. The van der Waals surface area contributed by atoms with Crippen molar-refractivity contribution in [1.29, 1.82) is 0 Å². The molecule has 0 bridgehead atoms. The van der Waals surface area contributed by atoms with Gasteiger partial charge in [-0.2, -0.15) is 11.8 Å². The molecule has 1 fully saturated rings. The Morgan fingerprint density at radius 1 is 0.644 bits per heavy atom. The van der Waals surface area contributed by atoms with Crippen LogP contribution in [0.1, 0.15) is 204 Å². The Kier molecular flexibility index (Phi) is 37.0. The fourth-order valence-corrected chi connectivity index (χ4v) is 9.98. The van der Waals surface area contributed by atoms with Crippen molar-refractivity contribution in [2.75, 3.05) is 44.0 Å². The molecule has 1 aliphatic heterocycles. The van der Waals surface area contributed by atoms with Gasteiger partial charge < -0.3 is 35.6 Å². The van der Waals surface area contributed by atoms with Gasteiger partial charge in [-0.1, -0.05) is 142 Å². The van der Waals surface area contributed by atoms with E-state index in [9.17, 15) is 33.6 Å². The van der Waals surface area contributed by atoms with Gasteiger partial charge >= 0.3 is 12.1 Å². The maximum atomic E-state index is 14.3. The van der Waals surface area contributed by atoms with Gasteiger partial charge in [-0.25, -0.2) is 9.59 Å². The average Bonchev–Trinajstić information content (AvgIpc) is 3.83. The van der Waals surface area contributed by atoms with Gasteiger partial charge in [0.15, 0.2) is 5.12 Å². The number of nitrogens with one attached hydrogen (secondary N) is 4. The molecule has 73 heavy (non-hydrogen) atoms. The standard InChI is InChI=1S/C57H97N5O9S2/c1-11-12-13-14-15-16-17-18-19-20-21-22-23-35-52(65)73-42-47(60-51(64)40-58-50(63)39-59-56(69)71-57(7,8)9)54(67)62-37-27-34-49(62)53(66)61-48(55(68)70-10)41-72-38-36-46(6)33-26-32-45(5)31-25-30-44(4)29-24-28-43(2)3/h28,30,32,36,47-49H,11-27,29,31,33-35,37-42H2,1-10H3,(H,58,63)(H,59,69)(H,60,64)(H,61,66)/b44-30+,45-32+,46-36+/t47-,48-,49-/m0/s1. The summed E-state index contributed by atoms with van der Waals surface area (Å²) in [6, 6.07) is -3.05. The van der Waals surface area contributed by atoms with Crippen LogP contribution in [-0.4, -0.2) is 113 Å². The number of hydrogen-bond acceptors (Lipinski definition) is 11. The number of thioether (sulfide) groups is 2. The number of carbonyl (C=O) groups is 7. The molecule has 4 N–H and O–H groups in total. The molecule has 1 aliphatic rings. The lowest BCUT2D eigenvalue weighted by molar-refractivity contribution is -0.146. The fraction of sp³-hybridized carbons (Fsp3) is 0.737. The van der Waals surface area contributed by atoms with Crippen LogP contribution in [0.3, 0.4) is 0 Å². The first-order valence-corrected chi connectivity index (χ1v) is 29.4. The third kappa shape index (κ3) is 35.0. The first kappa shape index (κ1) is 67.0. The number of amides is 5. The normalized spacial score (nSPS) is 15.0. The summed E-state index contributed by atoms with van der Waals surface area (Å²) in [5.41, 5.74) is 4.65. The number of allylic oxidation sites excluding steroid dienone is 7. The molecular formula is C57H97N5O9S2. The van der Waals surface area contributed by atoms with Crippen LogP contribution in [0.4, 0.5) is 4.79 Å². The summed E-state index contributed by atoms with van der Waals surface area (Å²) in [6.07, 6.45) is 31.1. The van der Waals surface area contributed by atoms with Gasteiger partial charge in [-0.15, -0.1) is 0 Å². The summed E-state index contributed by atoms with van der Waals surface area (Å²) < 4.78 is 10.2. The molecule has 0 radical (unpaired) electrons. The van der Waals surface area contributed by atoms with E-state index in [1.165, 1.54) is 104 Å². The van der Waals surface area contributed by atoms with Crippen LogP contribution in [0.25, 0.3) is 0 Å². The molecule has 0 aromatic rings. The van der Waals surface area contributed by atoms with Crippen molar-refractivity contribution in [3.8, 4) is 0 Å². The van der Waals surface area contributed by atoms with E-state index in [1.54, 1.807) is 20.8 Å². The predicted molar refractivity (Wildman–Crippen MR) is 301 cm³/mol. The number of carbonyl (C=O) groups excluding carboxylic acids is 7. The minimum absolute atomic E-state index is 0.0697. The summed E-state index contributed by atoms with van der Waals surface area (Å²) >= 11 is 2.46. The van der Waals surface area contributed by atoms with Crippen molar-refractivity contribution in [1.82, 2.24) is 26.2 Å². The SMILES string of the molecule is CCCCCCCCCCCCCCCC(=O)SC[C@H](NC(=O)CNC(=O)CNC(=O)OC(C)(C)C)C(=O)N1CCC[C@H]1C(=O)N[C@@H](CSC/C=C(\C)CC/C=C(\C)CC/C=C(\C)CCC=C(C)C)C(=O)OC. The van der Waals surface area contributed by atoms with Crippen LogP contribution in [0.5, 0.6) is 0 Å². The summed E-state index contributed by atoms with van der Waals surface area (Å²) in [5.74, 6) is -2.15. The fourth-order valence-electron chi connectivity index (χ4n) is 8.12. The van der Waals surface area contributed by atoms with E-state index >= 15 is 0 Å². The zero-order valence-electron chi connectivity index (χ0n) is 46.8. The zero-order valence-corrected chi connectivity index (χ0v) is 48.4. The lowest BCUT2D eigenvalue weighted by atomic mass is 10.0. The number of likely N-dealkylation sites (tertiary alicyclic amines) is 1. The monoisotopic (exact) mass is 1060 g/mol. The van der Waals surface area contributed by atoms with Crippen molar-refractivity contribution in [2.45, 2.75) is 227 Å². The van der Waals surface area contributed by atoms with Crippen LogP contribution in [0.15, 0.2) is 46.6 Å². The van der Waals surface area contributed by atoms with Crippen molar-refractivity contribution < 1.29 is 43.0 Å². The highest BCUT2D eigenvalue weighted by Gasteiger charge is 2.39. The average molecular weight is 1060 g/mol. The van der Waals surface area contributed by atoms with Gasteiger partial charge in [0.1, 0.15) is 30.3 Å². The molecule has 0 aromatic heterocycles. The minimum Gasteiger partial charge on any atom is -0.467 e. The zero-order chi connectivity index (χ0) is 54.4. The summed E-state index contributed by atoms with van der Waals surface area (Å²) in [7, 11) is 1.27. The van der Waals surface area contributed by atoms with Gasteiger partial charge in [0.2, 0.25) is 23.6 Å². The third-order valence-corrected chi connectivity index (χ3v) is 14.4. The summed E-state index contributed by atoms with van der Waals surface area (Å²) in [6.45, 7) is 17.4. The molecule has 1 heterocycles. The second-order valence-electron chi connectivity index (χ2n) is 20.8. The largest absolute Gasteiger partial charge is 0.467 e. The van der Waals surface area contributed by atoms with Gasteiger partial charge in [-0.3, -0.25) is 24.0 Å². The van der Waals surface area contributed by atoms with E-state index in [4.69, 9.17) is 9.47 Å². The van der Waals surface area contributed by atoms with Crippen molar-refractivity contribution in [3.05, 3.63) is 46.6 Å². The smallest absolute Gasteiger partial charge is 0.408 e. The van der Waals surface area contributed by atoms with Crippen molar-refractivity contribution >= 4 is 64.3 Å². The van der Waals surface area contributed by atoms with Crippen LogP contribution < -0.4 is 21.3 Å². The number of nitrogens with zero attached hydrogens (tertiary/aromatic N) is 1. The molecule has 0 unspecified atom stereocenters. The maximum Gasteiger partial charge on any atom is 0.408 e. The van der Waals surface area contributed by atoms with Crippen molar-refractivity contribution in [2.24, 2.45) is 0 Å². The van der Waals surface area contributed by atoms with E-state index in [2.05, 4.69) is 87.1 Å². The molecule has 14 nitrogen and oxygen atoms in total. The molecule has 3 atom stereocenters. The number of methoxy groups -OCH3 is 1. The second-order valence-corrected chi connectivity index (χ2v) is 22.9. The molecule has 0 saturated carbocycles. The number of alkyl carbamates (subject to hydrolysis) is 1. The number of ether oxygens (including phenoxy) is 2. The molecule has 0 aromatic carbocycles. The van der Waals surface area contributed by atoms with Crippen LogP contribution in [0.2, 0.25) is 0 Å². The number of rotatable bonds is 38.